The van der Waals surface area contributed by atoms with Crippen molar-refractivity contribution in [1.82, 2.24) is 0 Å². The molecule has 0 aromatic heterocycles. The number of anilines is 4. The van der Waals surface area contributed by atoms with E-state index in [0.717, 1.165) is 13.3 Å². The van der Waals surface area contributed by atoms with Gasteiger partial charge >= 0.3 is 17.9 Å². The Hall–Kier alpha value is -4.41. The van der Waals surface area contributed by atoms with Gasteiger partial charge in [0.15, 0.2) is 11.4 Å². The molecule has 1 saturated heterocycles. The molecule has 3 rings (SSSR count). The number of carbonyl (C=O) groups excluding carboxylic acids is 4. The van der Waals surface area contributed by atoms with E-state index in [9.17, 15) is 19.2 Å². The second kappa shape index (κ2) is 9.39. The predicted octanol–water partition coefficient (Wildman–Crippen LogP) is 3.06. The molecule has 10 nitrogen and oxygen atoms in total. The van der Waals surface area contributed by atoms with E-state index in [-0.39, 0.29) is 29.0 Å². The van der Waals surface area contributed by atoms with Crippen molar-refractivity contribution in [2.24, 2.45) is 0 Å². The van der Waals surface area contributed by atoms with Crippen LogP contribution in [0.2, 0.25) is 0 Å². The molecule has 2 aromatic carbocycles. The second-order valence-corrected chi connectivity index (χ2v) is 7.16. The molecular weight excluding hydrogens is 437 g/mol. The minimum atomic E-state index is -1.45. The predicted molar refractivity (Wildman–Crippen MR) is 115 cm³/mol. The Labute approximate surface area is 187 Å². The van der Waals surface area contributed by atoms with Crippen molar-refractivity contribution in [2.45, 2.75) is 19.6 Å². The van der Waals surface area contributed by atoms with Gasteiger partial charge in [0.1, 0.15) is 5.69 Å². The van der Waals surface area contributed by atoms with Crippen LogP contribution in [0, 0.1) is 5.82 Å². The third-order valence-corrected chi connectivity index (χ3v) is 4.41. The lowest BCUT2D eigenvalue weighted by Gasteiger charge is -2.29. The van der Waals surface area contributed by atoms with Gasteiger partial charge in [-0.2, -0.15) is 0 Å². The lowest BCUT2D eigenvalue weighted by atomic mass is 10.1. The average Bonchev–Trinajstić information content (AvgIpc) is 2.76. The summed E-state index contributed by atoms with van der Waals surface area (Å²) in [6.45, 7) is 2.76. The number of methoxy groups -OCH3 is 1. The van der Waals surface area contributed by atoms with Crippen molar-refractivity contribution in [3.8, 4) is 0 Å². The van der Waals surface area contributed by atoms with Crippen molar-refractivity contribution in [3.63, 3.8) is 0 Å². The van der Waals surface area contributed by atoms with Crippen LogP contribution in [0.4, 0.5) is 27.1 Å². The number of hydrogen-bond acceptors (Lipinski definition) is 9. The molecule has 33 heavy (non-hydrogen) atoms. The van der Waals surface area contributed by atoms with Crippen molar-refractivity contribution < 1.29 is 37.8 Å². The molecule has 1 amide bonds. The van der Waals surface area contributed by atoms with Crippen LogP contribution in [0.1, 0.15) is 24.2 Å². The first-order valence-corrected chi connectivity index (χ1v) is 9.57. The van der Waals surface area contributed by atoms with Crippen molar-refractivity contribution in [1.29, 1.82) is 0 Å². The molecule has 1 fully saturated rings. The zero-order valence-electron chi connectivity index (χ0n) is 17.9. The summed E-state index contributed by atoms with van der Waals surface area (Å²) in [5, 5.41) is 7.55. The number of amides is 1. The van der Waals surface area contributed by atoms with Gasteiger partial charge in [-0.05, 0) is 18.2 Å². The van der Waals surface area contributed by atoms with Crippen molar-refractivity contribution >= 4 is 47.1 Å². The molecule has 0 bridgehead atoms. The highest BCUT2D eigenvalue weighted by Gasteiger charge is 2.39. The fourth-order valence-corrected chi connectivity index (χ4v) is 2.95. The van der Waals surface area contributed by atoms with Crippen LogP contribution in [0.3, 0.4) is 0 Å². The van der Waals surface area contributed by atoms with E-state index in [2.05, 4.69) is 16.0 Å². The Bertz CT molecular complexity index is 1120. The molecule has 11 heteroatoms. The first kappa shape index (κ1) is 23.3. The first-order valence-electron chi connectivity index (χ1n) is 9.57. The fraction of sp³-hybridized carbons (Fsp3) is 0.182. The van der Waals surface area contributed by atoms with E-state index in [4.69, 9.17) is 14.2 Å². The smallest absolute Gasteiger partial charge is 0.350 e. The number of rotatable bonds is 7. The summed E-state index contributed by atoms with van der Waals surface area (Å²) in [5.74, 6) is -5.28. The number of esters is 3. The van der Waals surface area contributed by atoms with Gasteiger partial charge < -0.3 is 30.2 Å². The largest absolute Gasteiger partial charge is 0.465 e. The molecule has 3 N–H and O–H groups in total. The van der Waals surface area contributed by atoms with E-state index >= 15 is 4.39 Å². The van der Waals surface area contributed by atoms with Gasteiger partial charge in [-0.15, -0.1) is 0 Å². The Morgan fingerprint density at radius 3 is 2.27 bits per heavy atom. The van der Waals surface area contributed by atoms with E-state index in [1.807, 2.05) is 0 Å². The maximum absolute atomic E-state index is 15.6. The number of halogens is 1. The molecule has 1 aliphatic rings. The summed E-state index contributed by atoms with van der Waals surface area (Å²) >= 11 is 0. The molecule has 1 aliphatic heterocycles. The van der Waals surface area contributed by atoms with Gasteiger partial charge in [0.2, 0.25) is 6.41 Å². The average molecular weight is 457 g/mol. The molecule has 172 valence electrons. The molecule has 0 radical (unpaired) electrons. The van der Waals surface area contributed by atoms with E-state index in [0.29, 0.717) is 5.69 Å². The Morgan fingerprint density at radius 1 is 1.06 bits per heavy atom. The lowest BCUT2D eigenvalue weighted by molar-refractivity contribution is -0.222. The SMILES string of the molecule is COC(=O)c1cc(NC=O)c(NC=C2C(=O)OC(C)(C)OC2=O)c(F)c1Nc1ccccc1. The monoisotopic (exact) mass is 457 g/mol. The van der Waals surface area contributed by atoms with Gasteiger partial charge in [0.05, 0.1) is 24.0 Å². The number of cyclic esters (lactones) is 2. The minimum absolute atomic E-state index is 0.156. The number of nitrogens with one attached hydrogen (secondary N) is 3. The minimum Gasteiger partial charge on any atom is -0.465 e. The maximum atomic E-state index is 15.6. The molecule has 2 aromatic rings. The Morgan fingerprint density at radius 2 is 1.70 bits per heavy atom. The molecule has 0 atom stereocenters. The number of benzene rings is 2. The highest BCUT2D eigenvalue weighted by atomic mass is 19.1. The zero-order chi connectivity index (χ0) is 24.2. The summed E-state index contributed by atoms with van der Waals surface area (Å²) in [6, 6.07) is 9.61. The second-order valence-electron chi connectivity index (χ2n) is 7.16. The van der Waals surface area contributed by atoms with Crippen LogP contribution >= 0.6 is 0 Å². The highest BCUT2D eigenvalue weighted by molar-refractivity contribution is 6.15. The number of ether oxygens (including phenoxy) is 3. The summed E-state index contributed by atoms with van der Waals surface area (Å²) in [6.07, 6.45) is 1.16. The van der Waals surface area contributed by atoms with Crippen LogP contribution in [-0.2, 0) is 28.6 Å². The number of para-hydroxylation sites is 1. The van der Waals surface area contributed by atoms with Gasteiger partial charge in [-0.25, -0.2) is 18.8 Å². The third-order valence-electron chi connectivity index (χ3n) is 4.41. The van der Waals surface area contributed by atoms with Gasteiger partial charge in [0, 0.05) is 25.7 Å². The molecule has 0 saturated carbocycles. The molecule has 1 heterocycles. The topological polar surface area (TPSA) is 132 Å². The first-order chi connectivity index (χ1) is 15.7. The molecular formula is C22H20FN3O7. The van der Waals surface area contributed by atoms with Gasteiger partial charge in [-0.1, -0.05) is 18.2 Å². The third kappa shape index (κ3) is 5.09. The Balaban J connectivity index is 2.09. The molecule has 0 unspecified atom stereocenters. The zero-order valence-corrected chi connectivity index (χ0v) is 17.9. The maximum Gasteiger partial charge on any atom is 0.350 e. The standard InChI is InChI=1S/C22H20FN3O7/c1-22(2)32-20(29)14(21(30)33-22)10-24-18-15(25-11-27)9-13(19(28)31-3)17(16(18)23)26-12-7-5-4-6-8-12/h4-11,24,26H,1-3H3,(H,25,27). The number of carbonyl (C=O) groups is 4. The van der Waals surface area contributed by atoms with Gasteiger partial charge in [0.25, 0.3) is 5.79 Å². The summed E-state index contributed by atoms with van der Waals surface area (Å²) in [7, 11) is 1.12. The van der Waals surface area contributed by atoms with Crippen LogP contribution in [0.15, 0.2) is 48.2 Å². The van der Waals surface area contributed by atoms with Crippen LogP contribution < -0.4 is 16.0 Å². The van der Waals surface area contributed by atoms with Crippen LogP contribution in [0.5, 0.6) is 0 Å². The lowest BCUT2D eigenvalue weighted by Crippen LogP contribution is -2.42. The fourth-order valence-electron chi connectivity index (χ4n) is 2.95. The summed E-state index contributed by atoms with van der Waals surface area (Å²) in [5.41, 5.74) is -1.04. The van der Waals surface area contributed by atoms with E-state index < -0.39 is 35.1 Å². The normalized spacial score (nSPS) is 14.5. The van der Waals surface area contributed by atoms with Crippen LogP contribution in [0.25, 0.3) is 0 Å². The Kier molecular flexibility index (Phi) is 6.61. The van der Waals surface area contributed by atoms with Crippen molar-refractivity contribution in [3.05, 3.63) is 59.6 Å². The van der Waals surface area contributed by atoms with E-state index in [1.54, 1.807) is 30.3 Å². The molecule has 0 spiro atoms. The highest BCUT2D eigenvalue weighted by Crippen LogP contribution is 2.36. The summed E-state index contributed by atoms with van der Waals surface area (Å²) < 4.78 is 30.3. The van der Waals surface area contributed by atoms with E-state index in [1.165, 1.54) is 19.9 Å². The summed E-state index contributed by atoms with van der Waals surface area (Å²) in [4.78, 5) is 47.7. The van der Waals surface area contributed by atoms with Gasteiger partial charge in [-0.3, -0.25) is 4.79 Å². The molecule has 0 aliphatic carbocycles. The quantitative estimate of drug-likeness (QED) is 0.248. The number of hydrogen-bond donors (Lipinski definition) is 3. The van der Waals surface area contributed by atoms with Crippen molar-refractivity contribution in [2.75, 3.05) is 23.1 Å². The van der Waals surface area contributed by atoms with Crippen LogP contribution in [-0.4, -0.2) is 37.2 Å².